The number of aromatic amines is 1. The molecule has 1 aliphatic rings. The molecular formula is C16H19N5O2S. The van der Waals surface area contributed by atoms with Crippen LogP contribution in [0.15, 0.2) is 35.5 Å². The molecule has 3 aromatic rings. The predicted octanol–water partition coefficient (Wildman–Crippen LogP) is 2.13. The summed E-state index contributed by atoms with van der Waals surface area (Å²) >= 11 is 0. The van der Waals surface area contributed by atoms with Gasteiger partial charge in [-0.1, -0.05) is 0 Å². The molecule has 0 amide bonds. The average molecular weight is 345 g/mol. The van der Waals surface area contributed by atoms with E-state index >= 15 is 0 Å². The number of nitrogens with zero attached hydrogens (tertiary/aromatic N) is 4. The fraction of sp³-hybridized carbons (Fsp3) is 0.375. The van der Waals surface area contributed by atoms with Crippen molar-refractivity contribution < 1.29 is 8.42 Å². The first-order chi connectivity index (χ1) is 11.5. The van der Waals surface area contributed by atoms with Crippen LogP contribution in [0.1, 0.15) is 30.3 Å². The van der Waals surface area contributed by atoms with Gasteiger partial charge >= 0.3 is 0 Å². The monoisotopic (exact) mass is 345 g/mol. The number of hydrogen-bond acceptors (Lipinski definition) is 4. The number of sulfonamides is 1. The number of H-pyrrole nitrogens is 1. The van der Waals surface area contributed by atoms with Crippen LogP contribution in [0.5, 0.6) is 0 Å². The van der Waals surface area contributed by atoms with E-state index in [0.29, 0.717) is 12.2 Å². The van der Waals surface area contributed by atoms with Crippen LogP contribution in [0.3, 0.4) is 0 Å². The van der Waals surface area contributed by atoms with E-state index < -0.39 is 10.0 Å². The first-order valence-corrected chi connectivity index (χ1v) is 9.37. The van der Waals surface area contributed by atoms with Gasteiger partial charge in [-0.2, -0.15) is 9.40 Å². The van der Waals surface area contributed by atoms with Crippen LogP contribution in [0.2, 0.25) is 0 Å². The highest BCUT2D eigenvalue weighted by Gasteiger charge is 2.37. The summed E-state index contributed by atoms with van der Waals surface area (Å²) in [4.78, 5) is 7.68. The quantitative estimate of drug-likeness (QED) is 0.788. The van der Waals surface area contributed by atoms with Crippen molar-refractivity contribution >= 4 is 21.1 Å². The van der Waals surface area contributed by atoms with Crippen LogP contribution in [-0.2, 0) is 17.1 Å². The Balaban J connectivity index is 1.78. The van der Waals surface area contributed by atoms with E-state index in [1.807, 2.05) is 25.3 Å². The molecular weight excluding hydrogens is 326 g/mol. The molecule has 0 unspecified atom stereocenters. The Kier molecular flexibility index (Phi) is 3.47. The summed E-state index contributed by atoms with van der Waals surface area (Å²) in [5, 5.41) is 5.08. The van der Waals surface area contributed by atoms with Crippen LogP contribution in [-0.4, -0.2) is 39.0 Å². The molecule has 7 nitrogen and oxygen atoms in total. The number of aryl methyl sites for hydroxylation is 2. The van der Waals surface area contributed by atoms with E-state index in [9.17, 15) is 8.42 Å². The lowest BCUT2D eigenvalue weighted by molar-refractivity contribution is 0.391. The van der Waals surface area contributed by atoms with Crippen LogP contribution < -0.4 is 0 Å². The number of fused-ring (bicyclic) bond motifs is 1. The molecule has 1 aliphatic heterocycles. The molecule has 0 radical (unpaired) electrons. The molecule has 0 aromatic carbocycles. The molecule has 3 aromatic heterocycles. The SMILES string of the molecule is Cc1nn(C)c2ncc(S(=O)(=O)N3CCC[C@H]3c3ccc[nH]3)cc12. The van der Waals surface area contributed by atoms with Crippen molar-refractivity contribution in [1.82, 2.24) is 24.1 Å². The third kappa shape index (κ3) is 2.25. The third-order valence-corrected chi connectivity index (χ3v) is 6.50. The zero-order valence-corrected chi connectivity index (χ0v) is 14.4. The molecule has 4 rings (SSSR count). The molecule has 24 heavy (non-hydrogen) atoms. The Morgan fingerprint density at radius 2 is 2.21 bits per heavy atom. The minimum absolute atomic E-state index is 0.143. The summed E-state index contributed by atoms with van der Waals surface area (Å²) in [6.07, 6.45) is 4.93. The number of pyridine rings is 1. The zero-order chi connectivity index (χ0) is 16.9. The lowest BCUT2D eigenvalue weighted by Gasteiger charge is -2.23. The average Bonchev–Trinajstić information content (AvgIpc) is 3.28. The number of aromatic nitrogens is 4. The summed E-state index contributed by atoms with van der Waals surface area (Å²) in [6.45, 7) is 2.38. The van der Waals surface area contributed by atoms with Crippen molar-refractivity contribution in [3.63, 3.8) is 0 Å². The minimum atomic E-state index is -3.60. The van der Waals surface area contributed by atoms with Crippen LogP contribution in [0.4, 0.5) is 0 Å². The van der Waals surface area contributed by atoms with Gasteiger partial charge in [0.1, 0.15) is 4.90 Å². The predicted molar refractivity (Wildman–Crippen MR) is 89.9 cm³/mol. The highest BCUT2D eigenvalue weighted by Crippen LogP contribution is 2.36. The first-order valence-electron chi connectivity index (χ1n) is 7.93. The standard InChI is InChI=1S/C16H19N5O2S/c1-11-13-9-12(10-18-16(13)20(2)19-11)24(22,23)21-8-4-6-15(21)14-5-3-7-17-14/h3,5,7,9-10,15,17H,4,6,8H2,1-2H3/t15-/m0/s1. The van der Waals surface area contributed by atoms with E-state index in [2.05, 4.69) is 15.1 Å². The second-order valence-corrected chi connectivity index (χ2v) is 8.04. The molecule has 0 spiro atoms. The second kappa shape index (κ2) is 5.42. The van der Waals surface area contributed by atoms with Gasteiger partial charge in [-0.3, -0.25) is 4.68 Å². The maximum Gasteiger partial charge on any atom is 0.245 e. The Hall–Kier alpha value is -2.19. The fourth-order valence-corrected chi connectivity index (χ4v) is 5.10. The Labute approximate surface area is 140 Å². The molecule has 8 heteroatoms. The van der Waals surface area contributed by atoms with Gasteiger partial charge in [-0.05, 0) is 38.0 Å². The van der Waals surface area contributed by atoms with Gasteiger partial charge in [-0.15, -0.1) is 0 Å². The van der Waals surface area contributed by atoms with E-state index in [1.54, 1.807) is 22.1 Å². The Morgan fingerprint density at radius 1 is 1.38 bits per heavy atom. The van der Waals surface area contributed by atoms with Crippen LogP contribution in [0, 0.1) is 6.92 Å². The molecule has 1 atom stereocenters. The number of rotatable bonds is 3. The van der Waals surface area contributed by atoms with Crippen LogP contribution >= 0.6 is 0 Å². The van der Waals surface area contributed by atoms with Crippen molar-refractivity contribution in [3.8, 4) is 0 Å². The molecule has 1 fully saturated rings. The summed E-state index contributed by atoms with van der Waals surface area (Å²) in [5.41, 5.74) is 2.40. The minimum Gasteiger partial charge on any atom is -0.364 e. The highest BCUT2D eigenvalue weighted by molar-refractivity contribution is 7.89. The molecule has 0 aliphatic carbocycles. The largest absolute Gasteiger partial charge is 0.364 e. The van der Waals surface area contributed by atoms with E-state index in [-0.39, 0.29) is 10.9 Å². The van der Waals surface area contributed by atoms with Crippen molar-refractivity contribution in [2.24, 2.45) is 7.05 Å². The van der Waals surface area contributed by atoms with Crippen LogP contribution in [0.25, 0.3) is 11.0 Å². The van der Waals surface area contributed by atoms with Gasteiger partial charge in [-0.25, -0.2) is 13.4 Å². The third-order valence-electron chi connectivity index (χ3n) is 4.63. The number of nitrogens with one attached hydrogen (secondary N) is 1. The van der Waals surface area contributed by atoms with Gasteiger partial charge < -0.3 is 4.98 Å². The highest BCUT2D eigenvalue weighted by atomic mass is 32.2. The maximum atomic E-state index is 13.1. The molecule has 126 valence electrons. The normalized spacial score (nSPS) is 19.3. The topological polar surface area (TPSA) is 83.9 Å². The summed E-state index contributed by atoms with van der Waals surface area (Å²) in [6, 6.07) is 5.37. The molecule has 4 heterocycles. The number of hydrogen-bond donors (Lipinski definition) is 1. The lowest BCUT2D eigenvalue weighted by atomic mass is 10.2. The first kappa shape index (κ1) is 15.3. The van der Waals surface area contributed by atoms with E-state index in [1.165, 1.54) is 6.20 Å². The van der Waals surface area contributed by atoms with Crippen molar-refractivity contribution in [2.45, 2.75) is 30.7 Å². The summed E-state index contributed by atoms with van der Waals surface area (Å²) in [5.74, 6) is 0. The van der Waals surface area contributed by atoms with E-state index in [0.717, 1.165) is 29.6 Å². The lowest BCUT2D eigenvalue weighted by Crippen LogP contribution is -2.31. The fourth-order valence-electron chi connectivity index (χ4n) is 3.46. The maximum absolute atomic E-state index is 13.1. The second-order valence-electron chi connectivity index (χ2n) is 6.15. The Bertz CT molecular complexity index is 991. The van der Waals surface area contributed by atoms with E-state index in [4.69, 9.17) is 0 Å². The molecule has 1 N–H and O–H groups in total. The van der Waals surface area contributed by atoms with Crippen molar-refractivity contribution in [1.29, 1.82) is 0 Å². The zero-order valence-electron chi connectivity index (χ0n) is 13.6. The van der Waals surface area contributed by atoms with Crippen molar-refractivity contribution in [3.05, 3.63) is 42.0 Å². The smallest absolute Gasteiger partial charge is 0.245 e. The van der Waals surface area contributed by atoms with Gasteiger partial charge in [0.15, 0.2) is 5.65 Å². The van der Waals surface area contributed by atoms with Gasteiger partial charge in [0, 0.05) is 37.1 Å². The molecule has 0 saturated carbocycles. The molecule has 0 bridgehead atoms. The van der Waals surface area contributed by atoms with Gasteiger partial charge in [0.05, 0.1) is 11.7 Å². The van der Waals surface area contributed by atoms with Gasteiger partial charge in [0.25, 0.3) is 0 Å². The van der Waals surface area contributed by atoms with Gasteiger partial charge in [0.2, 0.25) is 10.0 Å². The summed E-state index contributed by atoms with van der Waals surface area (Å²) in [7, 11) is -1.80. The van der Waals surface area contributed by atoms with Crippen molar-refractivity contribution in [2.75, 3.05) is 6.54 Å². The Morgan fingerprint density at radius 3 is 2.96 bits per heavy atom. The summed E-state index contributed by atoms with van der Waals surface area (Å²) < 4.78 is 29.5. The molecule has 1 saturated heterocycles.